The lowest BCUT2D eigenvalue weighted by molar-refractivity contribution is 0.156. The molecule has 0 aliphatic heterocycles. The molecule has 0 unspecified atom stereocenters. The van der Waals surface area contributed by atoms with Crippen molar-refractivity contribution in [3.63, 3.8) is 0 Å². The molecule has 29 heavy (non-hydrogen) atoms. The molecule has 0 spiro atoms. The fourth-order valence-electron chi connectivity index (χ4n) is 3.06. The predicted molar refractivity (Wildman–Crippen MR) is 112 cm³/mol. The number of aryl methyl sites for hydroxylation is 3. The first-order chi connectivity index (χ1) is 13.9. The lowest BCUT2D eigenvalue weighted by Crippen LogP contribution is -2.13. The van der Waals surface area contributed by atoms with Crippen molar-refractivity contribution in [3.8, 4) is 10.6 Å². The summed E-state index contributed by atoms with van der Waals surface area (Å²) in [4.78, 5) is 17.6. The van der Waals surface area contributed by atoms with Crippen LogP contribution < -0.4 is 5.32 Å². The second kappa shape index (κ2) is 7.63. The van der Waals surface area contributed by atoms with E-state index in [1.807, 2.05) is 39.2 Å². The number of amides is 1. The van der Waals surface area contributed by atoms with Crippen LogP contribution in [-0.4, -0.2) is 20.9 Å². The smallest absolute Gasteiger partial charge is 0.411 e. The van der Waals surface area contributed by atoms with Crippen molar-refractivity contribution < 1.29 is 13.9 Å². The van der Waals surface area contributed by atoms with Gasteiger partial charge in [0.05, 0.1) is 16.1 Å². The highest BCUT2D eigenvalue weighted by Crippen LogP contribution is 2.31. The van der Waals surface area contributed by atoms with Crippen LogP contribution in [0.3, 0.4) is 0 Å². The monoisotopic (exact) mass is 410 g/mol. The van der Waals surface area contributed by atoms with Crippen LogP contribution in [0.2, 0.25) is 0 Å². The van der Waals surface area contributed by atoms with Crippen LogP contribution >= 0.6 is 11.3 Å². The molecule has 0 saturated carbocycles. The van der Waals surface area contributed by atoms with Gasteiger partial charge in [-0.05, 0) is 55.8 Å². The van der Waals surface area contributed by atoms with E-state index in [-0.39, 0.29) is 12.4 Å². The highest BCUT2D eigenvalue weighted by molar-refractivity contribution is 7.15. The maximum Gasteiger partial charge on any atom is 0.411 e. The molecule has 1 N–H and O–H groups in total. The van der Waals surface area contributed by atoms with E-state index < -0.39 is 6.09 Å². The summed E-state index contributed by atoms with van der Waals surface area (Å²) in [5.41, 5.74) is 3.97. The zero-order valence-corrected chi connectivity index (χ0v) is 17.0. The summed E-state index contributed by atoms with van der Waals surface area (Å²) in [6.07, 6.45) is 1.34. The number of nitrogens with one attached hydrogen (secondary N) is 1. The van der Waals surface area contributed by atoms with E-state index in [1.54, 1.807) is 16.8 Å². The molecule has 2 aromatic heterocycles. The lowest BCUT2D eigenvalue weighted by Gasteiger charge is -2.06. The first-order valence-corrected chi connectivity index (χ1v) is 9.81. The van der Waals surface area contributed by atoms with Crippen molar-refractivity contribution in [1.82, 2.24) is 14.8 Å². The van der Waals surface area contributed by atoms with Crippen molar-refractivity contribution in [3.05, 3.63) is 64.5 Å². The number of halogens is 1. The fourth-order valence-corrected chi connectivity index (χ4v) is 4.12. The third-order valence-electron chi connectivity index (χ3n) is 4.51. The second-order valence-corrected chi connectivity index (χ2v) is 7.85. The first kappa shape index (κ1) is 19.1. The molecular weight excluding hydrogens is 391 g/mol. The van der Waals surface area contributed by atoms with Crippen LogP contribution in [0.25, 0.3) is 21.5 Å². The molecule has 148 valence electrons. The minimum absolute atomic E-state index is 0.116. The highest BCUT2D eigenvalue weighted by atomic mass is 32.1. The number of hydrogen-bond donors (Lipinski definition) is 1. The molecule has 4 aromatic rings. The summed E-state index contributed by atoms with van der Waals surface area (Å²) in [7, 11) is 1.85. The van der Waals surface area contributed by atoms with Crippen molar-refractivity contribution in [2.75, 3.05) is 5.32 Å². The molecule has 4 rings (SSSR count). The van der Waals surface area contributed by atoms with Crippen molar-refractivity contribution in [2.24, 2.45) is 7.05 Å². The van der Waals surface area contributed by atoms with Gasteiger partial charge in [-0.3, -0.25) is 10.00 Å². The average molecular weight is 410 g/mol. The van der Waals surface area contributed by atoms with E-state index in [1.165, 1.54) is 23.5 Å². The van der Waals surface area contributed by atoms with Crippen LogP contribution in [0.15, 0.2) is 42.6 Å². The van der Waals surface area contributed by atoms with E-state index in [0.29, 0.717) is 5.69 Å². The number of nitrogens with zero attached hydrogens (tertiary/aromatic N) is 3. The minimum Gasteiger partial charge on any atom is -0.444 e. The molecule has 0 aliphatic carbocycles. The van der Waals surface area contributed by atoms with E-state index in [2.05, 4.69) is 15.4 Å². The zero-order valence-electron chi connectivity index (χ0n) is 16.2. The van der Waals surface area contributed by atoms with Crippen molar-refractivity contribution in [1.29, 1.82) is 0 Å². The number of thiazole rings is 1. The van der Waals surface area contributed by atoms with Gasteiger partial charge < -0.3 is 4.74 Å². The third-order valence-corrected chi connectivity index (χ3v) is 5.68. The van der Waals surface area contributed by atoms with Gasteiger partial charge >= 0.3 is 6.09 Å². The molecule has 0 radical (unpaired) electrons. The van der Waals surface area contributed by atoms with Gasteiger partial charge in [-0.1, -0.05) is 0 Å². The molecule has 6 nitrogen and oxygen atoms in total. The molecule has 1 amide bonds. The molecule has 8 heteroatoms. The number of rotatable bonds is 4. The van der Waals surface area contributed by atoms with Crippen LogP contribution in [0.4, 0.5) is 14.9 Å². The van der Waals surface area contributed by atoms with Crippen LogP contribution in [0.5, 0.6) is 0 Å². The van der Waals surface area contributed by atoms with Gasteiger partial charge in [-0.15, -0.1) is 11.3 Å². The number of aromatic nitrogens is 3. The number of carbonyl (C=O) groups is 1. The Hall–Kier alpha value is -3.26. The van der Waals surface area contributed by atoms with Gasteiger partial charge in [-0.25, -0.2) is 14.2 Å². The van der Waals surface area contributed by atoms with E-state index >= 15 is 0 Å². The molecule has 0 saturated heterocycles. The van der Waals surface area contributed by atoms with Crippen LogP contribution in [0, 0.1) is 19.7 Å². The Morgan fingerprint density at radius 1 is 1.24 bits per heavy atom. The largest absolute Gasteiger partial charge is 0.444 e. The Morgan fingerprint density at radius 3 is 2.86 bits per heavy atom. The molecule has 2 heterocycles. The van der Waals surface area contributed by atoms with Crippen molar-refractivity contribution >= 4 is 34.0 Å². The standard InChI is InChI=1S/C21H19FN4O2S/c1-12-8-15(22)4-6-17(12)20-23-13(2)19(29-20)11-28-21(27)24-16-5-7-18-14(9-16)10-26(3)25-18/h4-10H,11H2,1-3H3,(H,24,27). The summed E-state index contributed by atoms with van der Waals surface area (Å²) in [5, 5.41) is 8.75. The van der Waals surface area contributed by atoms with Gasteiger partial charge in [0.25, 0.3) is 0 Å². The van der Waals surface area contributed by atoms with Crippen LogP contribution in [0.1, 0.15) is 16.1 Å². The molecule has 0 atom stereocenters. The fraction of sp³-hybridized carbons (Fsp3) is 0.190. The Morgan fingerprint density at radius 2 is 2.07 bits per heavy atom. The molecule has 0 fully saturated rings. The third kappa shape index (κ3) is 4.12. The average Bonchev–Trinajstić information content (AvgIpc) is 3.21. The van der Waals surface area contributed by atoms with E-state index in [0.717, 1.165) is 37.6 Å². The Labute approximate surface area is 171 Å². The summed E-state index contributed by atoms with van der Waals surface area (Å²) < 4.78 is 20.4. The zero-order chi connectivity index (χ0) is 20.5. The van der Waals surface area contributed by atoms with E-state index in [9.17, 15) is 9.18 Å². The topological polar surface area (TPSA) is 69.0 Å². The number of carbonyl (C=O) groups excluding carboxylic acids is 1. The van der Waals surface area contributed by atoms with E-state index in [4.69, 9.17) is 4.74 Å². The Balaban J connectivity index is 1.43. The number of ether oxygens (including phenoxy) is 1. The lowest BCUT2D eigenvalue weighted by atomic mass is 10.1. The van der Waals surface area contributed by atoms with Gasteiger partial charge in [0.15, 0.2) is 0 Å². The van der Waals surface area contributed by atoms with Gasteiger partial charge in [-0.2, -0.15) is 5.10 Å². The Bertz CT molecular complexity index is 1210. The minimum atomic E-state index is -0.541. The highest BCUT2D eigenvalue weighted by Gasteiger charge is 2.14. The second-order valence-electron chi connectivity index (χ2n) is 6.76. The summed E-state index contributed by atoms with van der Waals surface area (Å²) in [6.45, 7) is 3.83. The quantitative estimate of drug-likeness (QED) is 0.502. The number of benzene rings is 2. The van der Waals surface area contributed by atoms with Gasteiger partial charge in [0, 0.05) is 29.9 Å². The molecule has 0 aliphatic rings. The summed E-state index contributed by atoms with van der Waals surface area (Å²) in [5.74, 6) is -0.274. The summed E-state index contributed by atoms with van der Waals surface area (Å²) >= 11 is 1.44. The predicted octanol–water partition coefficient (Wildman–Crippen LogP) is 5.20. The number of hydrogen-bond acceptors (Lipinski definition) is 5. The van der Waals surface area contributed by atoms with Gasteiger partial charge in [0.2, 0.25) is 0 Å². The maximum atomic E-state index is 13.3. The summed E-state index contributed by atoms with van der Waals surface area (Å²) in [6, 6.07) is 10.1. The molecule has 2 aromatic carbocycles. The van der Waals surface area contributed by atoms with Gasteiger partial charge in [0.1, 0.15) is 17.4 Å². The Kier molecular flexibility index (Phi) is 5.02. The molecule has 0 bridgehead atoms. The first-order valence-electron chi connectivity index (χ1n) is 8.99. The number of anilines is 1. The molecular formula is C21H19FN4O2S. The maximum absolute atomic E-state index is 13.3. The SMILES string of the molecule is Cc1cc(F)ccc1-c1nc(C)c(COC(=O)Nc2ccc3nn(C)cc3c2)s1. The van der Waals surface area contributed by atoms with Crippen molar-refractivity contribution in [2.45, 2.75) is 20.5 Å². The normalized spacial score (nSPS) is 11.0. The van der Waals surface area contributed by atoms with Crippen LogP contribution in [-0.2, 0) is 18.4 Å². The number of fused-ring (bicyclic) bond motifs is 1.